The predicted octanol–water partition coefficient (Wildman–Crippen LogP) is 2.57. The van der Waals surface area contributed by atoms with Crippen LogP contribution in [-0.4, -0.2) is 35.0 Å². The smallest absolute Gasteiger partial charge is 0.274 e. The highest BCUT2D eigenvalue weighted by atomic mass is 16.2. The van der Waals surface area contributed by atoms with Gasteiger partial charge >= 0.3 is 0 Å². The fourth-order valence-corrected chi connectivity index (χ4v) is 2.44. The standard InChI is InChI=1S/C19H21N5O/c1-14-18(22-24(21-14)17-7-5-4-6-8-17)19(25)20-13-15-9-11-16(12-10-15)23(2)3/h4-12H,13H2,1-3H3,(H,20,25). The minimum absolute atomic E-state index is 0.226. The number of anilines is 1. The van der Waals surface area contributed by atoms with Gasteiger partial charge in [0.15, 0.2) is 5.69 Å². The summed E-state index contributed by atoms with van der Waals surface area (Å²) in [4.78, 5) is 15.9. The maximum absolute atomic E-state index is 12.4. The predicted molar refractivity (Wildman–Crippen MR) is 98.0 cm³/mol. The fourth-order valence-electron chi connectivity index (χ4n) is 2.44. The lowest BCUT2D eigenvalue weighted by Crippen LogP contribution is -2.24. The third kappa shape index (κ3) is 3.85. The number of hydrogen-bond acceptors (Lipinski definition) is 4. The Hall–Kier alpha value is -3.15. The van der Waals surface area contributed by atoms with Gasteiger partial charge in [-0.25, -0.2) is 0 Å². The fraction of sp³-hybridized carbons (Fsp3) is 0.211. The van der Waals surface area contributed by atoms with Gasteiger partial charge in [0, 0.05) is 26.3 Å². The Morgan fingerprint density at radius 1 is 1.04 bits per heavy atom. The van der Waals surface area contributed by atoms with E-state index in [9.17, 15) is 4.79 Å². The Balaban J connectivity index is 1.68. The molecule has 0 fully saturated rings. The number of benzene rings is 2. The van der Waals surface area contributed by atoms with Gasteiger partial charge in [0.05, 0.1) is 11.4 Å². The van der Waals surface area contributed by atoms with Gasteiger partial charge < -0.3 is 10.2 Å². The van der Waals surface area contributed by atoms with E-state index in [0.717, 1.165) is 16.9 Å². The Labute approximate surface area is 147 Å². The SMILES string of the molecule is Cc1nn(-c2ccccc2)nc1C(=O)NCc1ccc(N(C)C)cc1. The summed E-state index contributed by atoms with van der Waals surface area (Å²) in [6.07, 6.45) is 0. The minimum Gasteiger partial charge on any atom is -0.378 e. The lowest BCUT2D eigenvalue weighted by Gasteiger charge is -2.12. The summed E-state index contributed by atoms with van der Waals surface area (Å²) in [5.41, 5.74) is 3.92. The molecule has 1 N–H and O–H groups in total. The largest absolute Gasteiger partial charge is 0.378 e. The van der Waals surface area contributed by atoms with Gasteiger partial charge in [0.1, 0.15) is 0 Å². The second-order valence-corrected chi connectivity index (χ2v) is 6.00. The lowest BCUT2D eigenvalue weighted by atomic mass is 10.2. The quantitative estimate of drug-likeness (QED) is 0.778. The van der Waals surface area contributed by atoms with Crippen LogP contribution in [0.25, 0.3) is 5.69 Å². The number of nitrogens with one attached hydrogen (secondary N) is 1. The van der Waals surface area contributed by atoms with E-state index in [2.05, 4.69) is 15.5 Å². The van der Waals surface area contributed by atoms with Crippen LogP contribution in [0.1, 0.15) is 21.7 Å². The van der Waals surface area contributed by atoms with Crippen LogP contribution < -0.4 is 10.2 Å². The van der Waals surface area contributed by atoms with E-state index in [1.54, 1.807) is 6.92 Å². The molecule has 6 nitrogen and oxygen atoms in total. The summed E-state index contributed by atoms with van der Waals surface area (Å²) < 4.78 is 0. The first-order valence-corrected chi connectivity index (χ1v) is 8.08. The van der Waals surface area contributed by atoms with Gasteiger partial charge in [-0.1, -0.05) is 30.3 Å². The van der Waals surface area contributed by atoms with Crippen molar-refractivity contribution in [2.75, 3.05) is 19.0 Å². The number of nitrogens with zero attached hydrogens (tertiary/aromatic N) is 4. The molecular weight excluding hydrogens is 314 g/mol. The zero-order chi connectivity index (χ0) is 17.8. The number of rotatable bonds is 5. The van der Waals surface area contributed by atoms with Crippen molar-refractivity contribution in [1.82, 2.24) is 20.3 Å². The van der Waals surface area contributed by atoms with E-state index >= 15 is 0 Å². The van der Waals surface area contributed by atoms with Crippen LogP contribution >= 0.6 is 0 Å². The van der Waals surface area contributed by atoms with E-state index in [-0.39, 0.29) is 5.91 Å². The number of hydrogen-bond donors (Lipinski definition) is 1. The van der Waals surface area contributed by atoms with Crippen molar-refractivity contribution in [3.63, 3.8) is 0 Å². The van der Waals surface area contributed by atoms with Crippen LogP contribution in [0.5, 0.6) is 0 Å². The van der Waals surface area contributed by atoms with Gasteiger partial charge in [0.25, 0.3) is 5.91 Å². The number of amides is 1. The molecule has 2 aromatic carbocycles. The highest BCUT2D eigenvalue weighted by molar-refractivity contribution is 5.93. The van der Waals surface area contributed by atoms with E-state index in [1.807, 2.05) is 73.6 Å². The van der Waals surface area contributed by atoms with E-state index < -0.39 is 0 Å². The lowest BCUT2D eigenvalue weighted by molar-refractivity contribution is 0.0945. The molecule has 1 amide bonds. The second kappa shape index (κ2) is 7.17. The summed E-state index contributed by atoms with van der Waals surface area (Å²) in [7, 11) is 3.99. The molecule has 0 saturated heterocycles. The number of carbonyl (C=O) groups excluding carboxylic acids is 1. The van der Waals surface area contributed by atoms with Crippen molar-refractivity contribution < 1.29 is 4.79 Å². The summed E-state index contributed by atoms with van der Waals surface area (Å²) in [6, 6.07) is 17.6. The molecule has 0 spiro atoms. The van der Waals surface area contributed by atoms with E-state index in [1.165, 1.54) is 4.80 Å². The van der Waals surface area contributed by atoms with Gasteiger partial charge in [-0.15, -0.1) is 5.10 Å². The molecule has 128 valence electrons. The number of aromatic nitrogens is 3. The van der Waals surface area contributed by atoms with Crippen LogP contribution in [-0.2, 0) is 6.54 Å². The molecule has 6 heteroatoms. The Morgan fingerprint density at radius 3 is 2.36 bits per heavy atom. The molecule has 0 aliphatic rings. The highest BCUT2D eigenvalue weighted by Gasteiger charge is 2.16. The Kier molecular flexibility index (Phi) is 4.79. The minimum atomic E-state index is -0.226. The number of para-hydroxylation sites is 1. The highest BCUT2D eigenvalue weighted by Crippen LogP contribution is 2.12. The maximum Gasteiger partial charge on any atom is 0.274 e. The molecule has 1 aromatic heterocycles. The first kappa shape index (κ1) is 16.7. The molecule has 0 unspecified atom stereocenters. The van der Waals surface area contributed by atoms with Gasteiger partial charge in [-0.05, 0) is 36.8 Å². The van der Waals surface area contributed by atoms with Crippen LogP contribution in [0.3, 0.4) is 0 Å². The molecule has 25 heavy (non-hydrogen) atoms. The molecule has 1 heterocycles. The van der Waals surface area contributed by atoms with Gasteiger partial charge in [-0.3, -0.25) is 4.79 Å². The summed E-state index contributed by atoms with van der Waals surface area (Å²) in [6.45, 7) is 2.23. The topological polar surface area (TPSA) is 63.1 Å². The monoisotopic (exact) mass is 335 g/mol. The maximum atomic E-state index is 12.4. The van der Waals surface area contributed by atoms with Crippen LogP contribution in [0.4, 0.5) is 5.69 Å². The average molecular weight is 335 g/mol. The first-order valence-electron chi connectivity index (χ1n) is 8.08. The molecule has 0 radical (unpaired) electrons. The van der Waals surface area contributed by atoms with Gasteiger partial charge in [0.2, 0.25) is 0 Å². The van der Waals surface area contributed by atoms with Crippen molar-refractivity contribution in [3.8, 4) is 5.69 Å². The zero-order valence-electron chi connectivity index (χ0n) is 14.6. The summed E-state index contributed by atoms with van der Waals surface area (Å²) in [5, 5.41) is 11.5. The molecule has 0 bridgehead atoms. The van der Waals surface area contributed by atoms with Gasteiger partial charge in [-0.2, -0.15) is 9.90 Å². The zero-order valence-corrected chi connectivity index (χ0v) is 14.6. The van der Waals surface area contributed by atoms with Crippen LogP contribution in [0, 0.1) is 6.92 Å². The van der Waals surface area contributed by atoms with Crippen molar-refractivity contribution >= 4 is 11.6 Å². The number of carbonyl (C=O) groups is 1. The molecular formula is C19H21N5O. The average Bonchev–Trinajstić information content (AvgIpc) is 3.02. The van der Waals surface area contributed by atoms with E-state index in [4.69, 9.17) is 0 Å². The van der Waals surface area contributed by atoms with Crippen LogP contribution in [0.15, 0.2) is 54.6 Å². The van der Waals surface area contributed by atoms with Crippen LogP contribution in [0.2, 0.25) is 0 Å². The molecule has 0 aliphatic carbocycles. The summed E-state index contributed by atoms with van der Waals surface area (Å²) in [5.74, 6) is -0.226. The molecule has 3 aromatic rings. The molecule has 0 atom stereocenters. The third-order valence-corrected chi connectivity index (χ3v) is 3.89. The van der Waals surface area contributed by atoms with Crippen molar-refractivity contribution in [2.45, 2.75) is 13.5 Å². The molecule has 0 saturated carbocycles. The van der Waals surface area contributed by atoms with E-state index in [0.29, 0.717) is 17.9 Å². The Bertz CT molecular complexity index is 853. The molecule has 0 aliphatic heterocycles. The third-order valence-electron chi connectivity index (χ3n) is 3.89. The Morgan fingerprint density at radius 2 is 1.72 bits per heavy atom. The van der Waals surface area contributed by atoms with Crippen molar-refractivity contribution in [1.29, 1.82) is 0 Å². The molecule has 3 rings (SSSR count). The number of aryl methyl sites for hydroxylation is 1. The van der Waals surface area contributed by atoms with Crippen molar-refractivity contribution in [3.05, 3.63) is 71.5 Å². The second-order valence-electron chi connectivity index (χ2n) is 6.00. The van der Waals surface area contributed by atoms with Crippen molar-refractivity contribution in [2.24, 2.45) is 0 Å². The first-order chi connectivity index (χ1) is 12.0. The summed E-state index contributed by atoms with van der Waals surface area (Å²) >= 11 is 0. The normalized spacial score (nSPS) is 10.5.